The van der Waals surface area contributed by atoms with Crippen LogP contribution < -0.4 is 4.74 Å². The lowest BCUT2D eigenvalue weighted by molar-refractivity contribution is 0.167. The number of hydrogen-bond acceptors (Lipinski definition) is 3. The van der Waals surface area contributed by atoms with Crippen LogP contribution in [0.5, 0.6) is 5.75 Å². The second kappa shape index (κ2) is 6.42. The fraction of sp³-hybridized carbons (Fsp3) is 0.316. The molecule has 2 heterocycles. The van der Waals surface area contributed by atoms with Gasteiger partial charge in [0.2, 0.25) is 0 Å². The number of benzene rings is 1. The number of pyridine rings is 1. The summed E-state index contributed by atoms with van der Waals surface area (Å²) < 4.78 is 7.22. The maximum absolute atomic E-state index is 10.5. The summed E-state index contributed by atoms with van der Waals surface area (Å²) in [6, 6.07) is 12.0. The van der Waals surface area contributed by atoms with E-state index in [0.29, 0.717) is 12.8 Å². The van der Waals surface area contributed by atoms with Crippen LogP contribution in [0.25, 0.3) is 5.65 Å². The number of aliphatic hydroxyl groups excluding tert-OH is 1. The van der Waals surface area contributed by atoms with Gasteiger partial charge in [-0.3, -0.25) is 0 Å². The Bertz CT molecular complexity index is 806. The molecule has 0 saturated heterocycles. The molecule has 0 fully saturated rings. The molecule has 0 spiro atoms. The maximum atomic E-state index is 10.5. The van der Waals surface area contributed by atoms with Gasteiger partial charge in [0.15, 0.2) is 0 Å². The van der Waals surface area contributed by atoms with Crippen LogP contribution in [0.3, 0.4) is 0 Å². The van der Waals surface area contributed by atoms with E-state index in [0.717, 1.165) is 33.9 Å². The molecule has 0 saturated carbocycles. The number of imidazole rings is 1. The van der Waals surface area contributed by atoms with E-state index < -0.39 is 6.10 Å². The van der Waals surface area contributed by atoms with Crippen LogP contribution in [-0.4, -0.2) is 21.6 Å². The van der Waals surface area contributed by atoms with Crippen LogP contribution in [-0.2, 0) is 6.42 Å². The molecule has 0 aliphatic heterocycles. The highest BCUT2D eigenvalue weighted by molar-refractivity contribution is 5.46. The van der Waals surface area contributed by atoms with Gasteiger partial charge in [0.1, 0.15) is 11.4 Å². The molecular weight excluding hydrogens is 288 g/mol. The molecular formula is C19H22N2O2. The monoisotopic (exact) mass is 310 g/mol. The number of fused-ring (bicyclic) bond motifs is 1. The topological polar surface area (TPSA) is 46.8 Å². The fourth-order valence-electron chi connectivity index (χ4n) is 2.83. The predicted molar refractivity (Wildman–Crippen MR) is 91.0 cm³/mol. The number of rotatable bonds is 5. The second-order valence-electron chi connectivity index (χ2n) is 5.83. The Morgan fingerprint density at radius 2 is 1.91 bits per heavy atom. The molecule has 3 rings (SSSR count). The fourth-order valence-corrected chi connectivity index (χ4v) is 2.83. The molecule has 0 aliphatic carbocycles. The zero-order valence-corrected chi connectivity index (χ0v) is 13.8. The largest absolute Gasteiger partial charge is 0.497 e. The Morgan fingerprint density at radius 1 is 1.17 bits per heavy atom. The molecule has 4 nitrogen and oxygen atoms in total. The molecule has 1 aromatic carbocycles. The standard InChI is InChI=1S/C19H22N2O2/c1-4-17(22)19-16(11-14-6-8-15(23-3)9-7-14)20-18-10-5-13(2)12-21(18)19/h5-10,12,17,22H,4,11H2,1-3H3. The number of ether oxygens (including phenoxy) is 1. The first-order chi connectivity index (χ1) is 11.1. The zero-order valence-electron chi connectivity index (χ0n) is 13.8. The third-order valence-corrected chi connectivity index (χ3v) is 4.11. The average molecular weight is 310 g/mol. The minimum Gasteiger partial charge on any atom is -0.497 e. The van der Waals surface area contributed by atoms with Gasteiger partial charge in [0, 0.05) is 12.6 Å². The van der Waals surface area contributed by atoms with Crippen molar-refractivity contribution in [1.82, 2.24) is 9.38 Å². The summed E-state index contributed by atoms with van der Waals surface area (Å²) in [4.78, 5) is 4.73. The molecule has 23 heavy (non-hydrogen) atoms. The first kappa shape index (κ1) is 15.6. The van der Waals surface area contributed by atoms with Crippen molar-refractivity contribution in [3.05, 3.63) is 65.1 Å². The van der Waals surface area contributed by atoms with E-state index >= 15 is 0 Å². The molecule has 4 heteroatoms. The SMILES string of the molecule is CCC(O)c1c(Cc2ccc(OC)cc2)nc2ccc(C)cn12. The Hall–Kier alpha value is -2.33. The molecule has 0 bridgehead atoms. The summed E-state index contributed by atoms with van der Waals surface area (Å²) in [5, 5.41) is 10.5. The normalized spacial score (nSPS) is 12.5. The molecule has 1 atom stereocenters. The highest BCUT2D eigenvalue weighted by atomic mass is 16.5. The highest BCUT2D eigenvalue weighted by Gasteiger charge is 2.18. The van der Waals surface area contributed by atoms with Crippen molar-refractivity contribution in [2.75, 3.05) is 7.11 Å². The van der Waals surface area contributed by atoms with Gasteiger partial charge in [-0.2, -0.15) is 0 Å². The molecule has 1 N–H and O–H groups in total. The van der Waals surface area contributed by atoms with Gasteiger partial charge in [-0.05, 0) is 42.7 Å². The summed E-state index contributed by atoms with van der Waals surface area (Å²) in [5.74, 6) is 0.841. The minimum absolute atomic E-state index is 0.514. The first-order valence-electron chi connectivity index (χ1n) is 7.91. The van der Waals surface area contributed by atoms with Gasteiger partial charge < -0.3 is 14.2 Å². The van der Waals surface area contributed by atoms with Crippen LogP contribution in [0.2, 0.25) is 0 Å². The maximum Gasteiger partial charge on any atom is 0.137 e. The van der Waals surface area contributed by atoms with Crippen molar-refractivity contribution in [3.8, 4) is 5.75 Å². The van der Waals surface area contributed by atoms with Gasteiger partial charge in [0.05, 0.1) is 24.6 Å². The van der Waals surface area contributed by atoms with Gasteiger partial charge in [-0.15, -0.1) is 0 Å². The van der Waals surface area contributed by atoms with E-state index in [-0.39, 0.29) is 0 Å². The summed E-state index contributed by atoms with van der Waals surface area (Å²) in [6.07, 6.45) is 2.88. The second-order valence-corrected chi connectivity index (χ2v) is 5.83. The van der Waals surface area contributed by atoms with Crippen LogP contribution in [0.1, 0.15) is 42.0 Å². The third-order valence-electron chi connectivity index (χ3n) is 4.11. The number of hydrogen-bond donors (Lipinski definition) is 1. The van der Waals surface area contributed by atoms with Crippen molar-refractivity contribution in [2.45, 2.75) is 32.8 Å². The van der Waals surface area contributed by atoms with E-state index in [4.69, 9.17) is 9.72 Å². The van der Waals surface area contributed by atoms with Crippen LogP contribution in [0.4, 0.5) is 0 Å². The quantitative estimate of drug-likeness (QED) is 0.782. The summed E-state index contributed by atoms with van der Waals surface area (Å²) >= 11 is 0. The van der Waals surface area contributed by atoms with Crippen LogP contribution >= 0.6 is 0 Å². The highest BCUT2D eigenvalue weighted by Crippen LogP contribution is 2.25. The molecule has 3 aromatic rings. The molecule has 2 aromatic heterocycles. The lowest BCUT2D eigenvalue weighted by Gasteiger charge is -2.11. The Labute approximate surface area is 136 Å². The van der Waals surface area contributed by atoms with E-state index in [1.165, 1.54) is 0 Å². The number of aryl methyl sites for hydroxylation is 1. The zero-order chi connectivity index (χ0) is 16.4. The molecule has 120 valence electrons. The van der Waals surface area contributed by atoms with Crippen molar-refractivity contribution >= 4 is 5.65 Å². The van der Waals surface area contributed by atoms with Crippen molar-refractivity contribution in [1.29, 1.82) is 0 Å². The van der Waals surface area contributed by atoms with E-state index in [1.807, 2.05) is 60.8 Å². The number of aromatic nitrogens is 2. The minimum atomic E-state index is -0.514. The number of aliphatic hydroxyl groups is 1. The van der Waals surface area contributed by atoms with Crippen molar-refractivity contribution in [2.24, 2.45) is 0 Å². The number of methoxy groups -OCH3 is 1. The average Bonchev–Trinajstić information content (AvgIpc) is 2.92. The Morgan fingerprint density at radius 3 is 2.57 bits per heavy atom. The predicted octanol–water partition coefficient (Wildman–Crippen LogP) is 3.69. The number of nitrogens with zero attached hydrogens (tertiary/aromatic N) is 2. The van der Waals surface area contributed by atoms with Crippen molar-refractivity contribution in [3.63, 3.8) is 0 Å². The van der Waals surface area contributed by atoms with Crippen LogP contribution in [0.15, 0.2) is 42.6 Å². The molecule has 0 radical (unpaired) electrons. The van der Waals surface area contributed by atoms with E-state index in [2.05, 4.69) is 0 Å². The lowest BCUT2D eigenvalue weighted by Crippen LogP contribution is -2.05. The smallest absolute Gasteiger partial charge is 0.137 e. The van der Waals surface area contributed by atoms with Gasteiger partial charge in [0.25, 0.3) is 0 Å². The Kier molecular flexibility index (Phi) is 4.35. The van der Waals surface area contributed by atoms with E-state index in [9.17, 15) is 5.11 Å². The van der Waals surface area contributed by atoms with Gasteiger partial charge in [-0.25, -0.2) is 4.98 Å². The molecule has 0 aliphatic rings. The van der Waals surface area contributed by atoms with E-state index in [1.54, 1.807) is 7.11 Å². The first-order valence-corrected chi connectivity index (χ1v) is 7.91. The van der Waals surface area contributed by atoms with Crippen LogP contribution in [0, 0.1) is 6.92 Å². The Balaban J connectivity index is 2.04. The van der Waals surface area contributed by atoms with Crippen molar-refractivity contribution < 1.29 is 9.84 Å². The lowest BCUT2D eigenvalue weighted by atomic mass is 10.1. The molecule has 1 unspecified atom stereocenters. The third kappa shape index (κ3) is 3.08. The van der Waals surface area contributed by atoms with Gasteiger partial charge in [-0.1, -0.05) is 25.1 Å². The summed E-state index contributed by atoms with van der Waals surface area (Å²) in [7, 11) is 1.66. The van der Waals surface area contributed by atoms with Gasteiger partial charge >= 0.3 is 0 Å². The summed E-state index contributed by atoms with van der Waals surface area (Å²) in [5.41, 5.74) is 4.99. The summed E-state index contributed by atoms with van der Waals surface area (Å²) in [6.45, 7) is 4.03. The molecule has 0 amide bonds.